The van der Waals surface area contributed by atoms with Gasteiger partial charge in [-0.1, -0.05) is 13.8 Å². The molecule has 1 aromatic carbocycles. The third-order valence-corrected chi connectivity index (χ3v) is 2.04. The van der Waals surface area contributed by atoms with E-state index >= 15 is 0 Å². The predicted octanol–water partition coefficient (Wildman–Crippen LogP) is 2.50. The third kappa shape index (κ3) is 2.21. The van der Waals surface area contributed by atoms with Crippen molar-refractivity contribution in [2.45, 2.75) is 20.8 Å². The van der Waals surface area contributed by atoms with E-state index in [1.807, 2.05) is 40.0 Å². The van der Waals surface area contributed by atoms with Crippen LogP contribution in [0.1, 0.15) is 19.4 Å². The van der Waals surface area contributed by atoms with Crippen molar-refractivity contribution in [3.05, 3.63) is 28.2 Å². The van der Waals surface area contributed by atoms with Gasteiger partial charge in [-0.2, -0.15) is 0 Å². The number of hydrogen-bond acceptors (Lipinski definition) is 3. The summed E-state index contributed by atoms with van der Waals surface area (Å²) in [6, 6.07) is 3.69. The van der Waals surface area contributed by atoms with Crippen molar-refractivity contribution in [1.29, 1.82) is 0 Å². The van der Waals surface area contributed by atoms with Gasteiger partial charge in [0.15, 0.2) is 5.58 Å². The fourth-order valence-electron chi connectivity index (χ4n) is 1.37. The highest BCUT2D eigenvalue weighted by atomic mass is 16.4. The monoisotopic (exact) mass is 208 g/mol. The van der Waals surface area contributed by atoms with Gasteiger partial charge in [0.2, 0.25) is 0 Å². The molecule has 0 aliphatic heterocycles. The van der Waals surface area contributed by atoms with Crippen LogP contribution in [-0.4, -0.2) is 12.0 Å². The fourth-order valence-corrected chi connectivity index (χ4v) is 1.37. The van der Waals surface area contributed by atoms with E-state index in [0.717, 1.165) is 16.8 Å². The number of hydrogen-bond donors (Lipinski definition) is 2. The van der Waals surface area contributed by atoms with Crippen LogP contribution in [0.4, 0.5) is 5.69 Å². The Bertz CT molecular complexity index is 497. The van der Waals surface area contributed by atoms with Gasteiger partial charge in [-0.15, -0.1) is 0 Å². The van der Waals surface area contributed by atoms with E-state index in [-0.39, 0.29) is 0 Å². The van der Waals surface area contributed by atoms with Gasteiger partial charge in [0.25, 0.3) is 0 Å². The van der Waals surface area contributed by atoms with E-state index in [1.54, 1.807) is 0 Å². The highest BCUT2D eigenvalue weighted by Crippen LogP contribution is 2.20. The van der Waals surface area contributed by atoms with Gasteiger partial charge in [-0.25, -0.2) is 4.79 Å². The molecule has 2 rings (SSSR count). The molecule has 0 aliphatic carbocycles. The van der Waals surface area contributed by atoms with Gasteiger partial charge in [0.1, 0.15) is 0 Å². The first kappa shape index (κ1) is 11.4. The number of aromatic amines is 1. The minimum absolute atomic E-state index is 0.414. The molecule has 4 nitrogen and oxygen atoms in total. The molecule has 0 aliphatic rings. The number of benzene rings is 1. The summed E-state index contributed by atoms with van der Waals surface area (Å²) >= 11 is 0. The molecule has 0 spiro atoms. The van der Waals surface area contributed by atoms with Crippen LogP contribution < -0.4 is 11.1 Å². The van der Waals surface area contributed by atoms with Gasteiger partial charge < -0.3 is 9.73 Å². The summed E-state index contributed by atoms with van der Waals surface area (Å²) < 4.78 is 4.91. The normalized spacial score (nSPS) is 9.60. The lowest BCUT2D eigenvalue weighted by Gasteiger charge is -2.02. The number of aryl methyl sites for hydroxylation is 1. The zero-order valence-corrected chi connectivity index (χ0v) is 9.47. The minimum Gasteiger partial charge on any atom is -0.408 e. The molecule has 0 atom stereocenters. The second-order valence-corrected chi connectivity index (χ2v) is 2.93. The van der Waals surface area contributed by atoms with Gasteiger partial charge in [-0.3, -0.25) is 4.98 Å². The van der Waals surface area contributed by atoms with Crippen molar-refractivity contribution < 1.29 is 4.42 Å². The SMILES string of the molecule is CC.CNc1cc2[nH]c(=O)oc2cc1C. The number of H-pyrrole nitrogens is 1. The molecule has 15 heavy (non-hydrogen) atoms. The summed E-state index contributed by atoms with van der Waals surface area (Å²) in [6.07, 6.45) is 0. The van der Waals surface area contributed by atoms with E-state index in [2.05, 4.69) is 10.3 Å². The highest BCUT2D eigenvalue weighted by Gasteiger charge is 2.03. The van der Waals surface area contributed by atoms with Crippen molar-refractivity contribution in [2.24, 2.45) is 0 Å². The second kappa shape index (κ2) is 4.68. The fraction of sp³-hybridized carbons (Fsp3) is 0.364. The molecular weight excluding hydrogens is 192 g/mol. The molecular formula is C11H16N2O2. The van der Waals surface area contributed by atoms with Gasteiger partial charge in [0, 0.05) is 12.7 Å². The van der Waals surface area contributed by atoms with Crippen molar-refractivity contribution in [1.82, 2.24) is 4.98 Å². The molecule has 1 aromatic heterocycles. The number of fused-ring (bicyclic) bond motifs is 1. The topological polar surface area (TPSA) is 58.0 Å². The smallest absolute Gasteiger partial charge is 0.408 e. The Morgan fingerprint density at radius 3 is 2.60 bits per heavy atom. The number of anilines is 1. The average Bonchev–Trinajstić information content (AvgIpc) is 2.59. The molecule has 0 amide bonds. The van der Waals surface area contributed by atoms with E-state index < -0.39 is 5.76 Å². The van der Waals surface area contributed by atoms with Gasteiger partial charge in [0.05, 0.1) is 5.52 Å². The predicted molar refractivity (Wildman–Crippen MR) is 62.5 cm³/mol. The van der Waals surface area contributed by atoms with Crippen molar-refractivity contribution in [3.8, 4) is 0 Å². The molecule has 0 fully saturated rings. The molecule has 0 unspecified atom stereocenters. The molecule has 1 heterocycles. The van der Waals surface area contributed by atoms with Crippen molar-refractivity contribution in [3.63, 3.8) is 0 Å². The van der Waals surface area contributed by atoms with E-state index in [1.165, 1.54) is 0 Å². The number of rotatable bonds is 1. The largest absolute Gasteiger partial charge is 0.417 e. The Kier molecular flexibility index (Phi) is 3.55. The summed E-state index contributed by atoms with van der Waals surface area (Å²) in [6.45, 7) is 5.96. The van der Waals surface area contributed by atoms with E-state index in [4.69, 9.17) is 4.42 Å². The minimum atomic E-state index is -0.414. The Morgan fingerprint density at radius 1 is 1.33 bits per heavy atom. The van der Waals surface area contributed by atoms with Crippen molar-refractivity contribution in [2.75, 3.05) is 12.4 Å². The molecule has 4 heteroatoms. The first-order chi connectivity index (χ1) is 7.20. The van der Waals surface area contributed by atoms with Crippen LogP contribution >= 0.6 is 0 Å². The number of aromatic nitrogens is 1. The van der Waals surface area contributed by atoms with Crippen LogP contribution in [-0.2, 0) is 0 Å². The van der Waals surface area contributed by atoms with Crippen LogP contribution in [0.2, 0.25) is 0 Å². The van der Waals surface area contributed by atoms with Gasteiger partial charge in [-0.05, 0) is 24.6 Å². The molecule has 0 bridgehead atoms. The second-order valence-electron chi connectivity index (χ2n) is 2.93. The standard InChI is InChI=1S/C9H10N2O2.C2H6/c1-5-3-8-7(4-6(5)10-2)11-9(12)13-8;1-2/h3-4,10H,1-2H3,(H,11,12);1-2H3. The Hall–Kier alpha value is -1.71. The maximum atomic E-state index is 10.9. The first-order valence-corrected chi connectivity index (χ1v) is 5.02. The van der Waals surface area contributed by atoms with Crippen LogP contribution in [0.25, 0.3) is 11.1 Å². The lowest BCUT2D eigenvalue weighted by Crippen LogP contribution is -1.93. The number of oxazole rings is 1. The van der Waals surface area contributed by atoms with Crippen LogP contribution in [0.3, 0.4) is 0 Å². The first-order valence-electron chi connectivity index (χ1n) is 5.02. The summed E-state index contributed by atoms with van der Waals surface area (Å²) in [5.74, 6) is -0.414. The molecule has 2 N–H and O–H groups in total. The van der Waals surface area contributed by atoms with Crippen molar-refractivity contribution >= 4 is 16.8 Å². The van der Waals surface area contributed by atoms with Crippen LogP contribution in [0.15, 0.2) is 21.3 Å². The van der Waals surface area contributed by atoms with Gasteiger partial charge >= 0.3 is 5.76 Å². The van der Waals surface area contributed by atoms with Crippen LogP contribution in [0, 0.1) is 6.92 Å². The van der Waals surface area contributed by atoms with E-state index in [9.17, 15) is 4.79 Å². The Balaban J connectivity index is 0.000000531. The molecule has 0 saturated heterocycles. The molecule has 0 saturated carbocycles. The Labute approximate surface area is 88.3 Å². The van der Waals surface area contributed by atoms with Crippen LogP contribution in [0.5, 0.6) is 0 Å². The summed E-state index contributed by atoms with van der Waals surface area (Å²) in [7, 11) is 1.84. The zero-order valence-electron chi connectivity index (χ0n) is 9.47. The highest BCUT2D eigenvalue weighted by molar-refractivity contribution is 5.78. The number of nitrogens with one attached hydrogen (secondary N) is 2. The summed E-state index contributed by atoms with van der Waals surface area (Å²) in [4.78, 5) is 13.5. The summed E-state index contributed by atoms with van der Waals surface area (Å²) in [5.41, 5.74) is 3.36. The lowest BCUT2D eigenvalue weighted by molar-refractivity contribution is 0.555. The quantitative estimate of drug-likeness (QED) is 0.757. The average molecular weight is 208 g/mol. The molecule has 82 valence electrons. The molecule has 2 aromatic rings. The zero-order chi connectivity index (χ0) is 11.4. The maximum absolute atomic E-state index is 10.9. The summed E-state index contributed by atoms with van der Waals surface area (Å²) in [5, 5.41) is 3.03. The maximum Gasteiger partial charge on any atom is 0.417 e. The lowest BCUT2D eigenvalue weighted by atomic mass is 10.2. The van der Waals surface area contributed by atoms with E-state index in [0.29, 0.717) is 5.58 Å². The Morgan fingerprint density at radius 2 is 2.00 bits per heavy atom. The molecule has 0 radical (unpaired) electrons. The third-order valence-electron chi connectivity index (χ3n) is 2.04.